The van der Waals surface area contributed by atoms with Gasteiger partial charge in [-0.3, -0.25) is 4.79 Å². The minimum absolute atomic E-state index is 0.223. The third-order valence-corrected chi connectivity index (χ3v) is 5.11. The maximum Gasteiger partial charge on any atom is 0.256 e. The van der Waals surface area contributed by atoms with Crippen LogP contribution in [0.25, 0.3) is 33.5 Å². The number of benzene rings is 2. The van der Waals surface area contributed by atoms with Crippen molar-refractivity contribution < 1.29 is 4.79 Å². The molecule has 0 fully saturated rings. The zero-order chi connectivity index (χ0) is 21.2. The molecule has 0 aliphatic heterocycles. The van der Waals surface area contributed by atoms with E-state index in [0.29, 0.717) is 17.1 Å². The predicted octanol–water partition coefficient (Wildman–Crippen LogP) is 4.95. The van der Waals surface area contributed by atoms with Crippen LogP contribution in [0.3, 0.4) is 0 Å². The molecule has 3 aromatic heterocycles. The number of carbonyl (C=O) groups is 1. The minimum atomic E-state index is -0.223. The Morgan fingerprint density at radius 2 is 1.58 bits per heavy atom. The normalized spacial score (nSPS) is 10.9. The van der Waals surface area contributed by atoms with Crippen LogP contribution in [0.4, 0.5) is 5.82 Å². The molecule has 0 bridgehead atoms. The number of anilines is 1. The number of fused-ring (bicyclic) bond motifs is 1. The largest absolute Gasteiger partial charge is 0.350 e. The van der Waals surface area contributed by atoms with Gasteiger partial charge in [0.25, 0.3) is 5.91 Å². The number of hydrogen-bond acceptors (Lipinski definition) is 4. The smallest absolute Gasteiger partial charge is 0.256 e. The summed E-state index contributed by atoms with van der Waals surface area (Å²) in [6.45, 7) is 0. The molecule has 1 amide bonds. The number of aromatic nitrogens is 4. The predicted molar refractivity (Wildman–Crippen MR) is 122 cm³/mol. The lowest BCUT2D eigenvalue weighted by Gasteiger charge is -2.06. The van der Waals surface area contributed by atoms with Crippen LogP contribution in [0.15, 0.2) is 91.4 Å². The summed E-state index contributed by atoms with van der Waals surface area (Å²) in [5.41, 5.74) is 5.02. The SMILES string of the molecule is Cn1cc(-c2cccc(-c3cnc(NC(=O)c4ccccc4)cn3)n2)c2ccccc21. The highest BCUT2D eigenvalue weighted by Crippen LogP contribution is 2.30. The van der Waals surface area contributed by atoms with E-state index < -0.39 is 0 Å². The fourth-order valence-electron chi connectivity index (χ4n) is 3.58. The van der Waals surface area contributed by atoms with Gasteiger partial charge in [0.05, 0.1) is 23.8 Å². The molecule has 2 aromatic carbocycles. The number of pyridine rings is 1. The molecule has 150 valence electrons. The Morgan fingerprint density at radius 3 is 2.39 bits per heavy atom. The van der Waals surface area contributed by atoms with E-state index in [9.17, 15) is 4.79 Å². The molecule has 0 saturated heterocycles. The molecule has 0 radical (unpaired) electrons. The van der Waals surface area contributed by atoms with Crippen molar-refractivity contribution in [1.29, 1.82) is 0 Å². The van der Waals surface area contributed by atoms with Crippen LogP contribution in [0, 0.1) is 0 Å². The number of carbonyl (C=O) groups excluding carboxylic acids is 1. The Labute approximate surface area is 179 Å². The van der Waals surface area contributed by atoms with E-state index in [2.05, 4.69) is 38.2 Å². The average Bonchev–Trinajstić information content (AvgIpc) is 3.17. The summed E-state index contributed by atoms with van der Waals surface area (Å²) >= 11 is 0. The van der Waals surface area contributed by atoms with Gasteiger partial charge in [0.2, 0.25) is 0 Å². The van der Waals surface area contributed by atoms with Gasteiger partial charge in [0.15, 0.2) is 5.82 Å². The van der Waals surface area contributed by atoms with Crippen molar-refractivity contribution in [1.82, 2.24) is 19.5 Å². The number of nitrogens with one attached hydrogen (secondary N) is 1. The summed E-state index contributed by atoms with van der Waals surface area (Å²) in [5.74, 6) is 0.168. The van der Waals surface area contributed by atoms with Crippen molar-refractivity contribution in [3.05, 3.63) is 97.0 Å². The number of nitrogens with zero attached hydrogens (tertiary/aromatic N) is 4. The lowest BCUT2D eigenvalue weighted by Crippen LogP contribution is -2.13. The summed E-state index contributed by atoms with van der Waals surface area (Å²) in [4.78, 5) is 25.9. The van der Waals surface area contributed by atoms with Crippen LogP contribution in [0.1, 0.15) is 10.4 Å². The molecule has 31 heavy (non-hydrogen) atoms. The van der Waals surface area contributed by atoms with Crippen LogP contribution in [-0.2, 0) is 7.05 Å². The van der Waals surface area contributed by atoms with E-state index in [1.54, 1.807) is 24.5 Å². The van der Waals surface area contributed by atoms with Gasteiger partial charge in [0, 0.05) is 35.3 Å². The first-order valence-corrected chi connectivity index (χ1v) is 9.89. The molecule has 0 saturated carbocycles. The lowest BCUT2D eigenvalue weighted by atomic mass is 10.1. The Kier molecular flexibility index (Phi) is 4.72. The average molecular weight is 405 g/mol. The summed E-state index contributed by atoms with van der Waals surface area (Å²) < 4.78 is 2.10. The van der Waals surface area contributed by atoms with Crippen LogP contribution in [0.5, 0.6) is 0 Å². The quantitative estimate of drug-likeness (QED) is 0.459. The number of para-hydroxylation sites is 1. The number of aryl methyl sites for hydroxylation is 1. The van der Waals surface area contributed by atoms with Crippen molar-refractivity contribution in [3.8, 4) is 22.6 Å². The second kappa shape index (κ2) is 7.84. The molecular weight excluding hydrogens is 386 g/mol. The molecule has 0 aliphatic rings. The van der Waals surface area contributed by atoms with Crippen molar-refractivity contribution in [2.24, 2.45) is 7.05 Å². The van der Waals surface area contributed by atoms with Crippen LogP contribution < -0.4 is 5.32 Å². The second-order valence-electron chi connectivity index (χ2n) is 7.19. The van der Waals surface area contributed by atoms with E-state index in [0.717, 1.165) is 27.9 Å². The molecule has 0 spiro atoms. The Balaban J connectivity index is 1.42. The third-order valence-electron chi connectivity index (χ3n) is 5.11. The van der Waals surface area contributed by atoms with Gasteiger partial charge in [-0.2, -0.15) is 0 Å². The fraction of sp³-hybridized carbons (Fsp3) is 0.0400. The highest BCUT2D eigenvalue weighted by Gasteiger charge is 2.12. The van der Waals surface area contributed by atoms with Gasteiger partial charge < -0.3 is 9.88 Å². The first-order chi connectivity index (χ1) is 15.2. The van der Waals surface area contributed by atoms with Gasteiger partial charge >= 0.3 is 0 Å². The van der Waals surface area contributed by atoms with Crippen molar-refractivity contribution in [3.63, 3.8) is 0 Å². The zero-order valence-corrected chi connectivity index (χ0v) is 16.9. The van der Waals surface area contributed by atoms with E-state index in [1.807, 2.05) is 55.6 Å². The van der Waals surface area contributed by atoms with E-state index >= 15 is 0 Å². The van der Waals surface area contributed by atoms with Gasteiger partial charge in [-0.15, -0.1) is 0 Å². The maximum absolute atomic E-state index is 12.3. The Hall–Kier alpha value is -4.32. The molecule has 1 N–H and O–H groups in total. The maximum atomic E-state index is 12.3. The van der Waals surface area contributed by atoms with E-state index in [-0.39, 0.29) is 5.91 Å². The van der Waals surface area contributed by atoms with Crippen LogP contribution in [0.2, 0.25) is 0 Å². The van der Waals surface area contributed by atoms with Gasteiger partial charge in [-0.25, -0.2) is 15.0 Å². The van der Waals surface area contributed by atoms with Gasteiger partial charge in [-0.05, 0) is 30.3 Å². The standard InChI is InChI=1S/C25H19N5O/c1-30-16-19(18-10-5-6-13-23(18)30)20-11-7-12-21(28-20)22-14-27-24(15-26-22)29-25(31)17-8-3-2-4-9-17/h2-16H,1H3,(H,27,29,31). The molecule has 5 rings (SSSR count). The van der Waals surface area contributed by atoms with E-state index in [1.165, 1.54) is 0 Å². The highest BCUT2D eigenvalue weighted by atomic mass is 16.1. The van der Waals surface area contributed by atoms with Crippen molar-refractivity contribution >= 4 is 22.6 Å². The van der Waals surface area contributed by atoms with E-state index in [4.69, 9.17) is 4.98 Å². The molecule has 6 nitrogen and oxygen atoms in total. The summed E-state index contributed by atoms with van der Waals surface area (Å²) in [6, 6.07) is 23.1. The first kappa shape index (κ1) is 18.7. The molecule has 0 aliphatic carbocycles. The Morgan fingerprint density at radius 1 is 0.806 bits per heavy atom. The number of amides is 1. The molecule has 0 unspecified atom stereocenters. The summed E-state index contributed by atoms with van der Waals surface area (Å²) in [6.07, 6.45) is 5.25. The fourth-order valence-corrected chi connectivity index (χ4v) is 3.58. The molecular formula is C25H19N5O. The van der Waals surface area contributed by atoms with Gasteiger partial charge in [0.1, 0.15) is 5.69 Å². The molecule has 3 heterocycles. The lowest BCUT2D eigenvalue weighted by molar-refractivity contribution is 0.102. The van der Waals surface area contributed by atoms with Gasteiger partial charge in [-0.1, -0.05) is 42.5 Å². The third kappa shape index (κ3) is 3.67. The van der Waals surface area contributed by atoms with Crippen LogP contribution in [-0.4, -0.2) is 25.4 Å². The molecule has 5 aromatic rings. The van der Waals surface area contributed by atoms with Crippen LogP contribution >= 0.6 is 0 Å². The van der Waals surface area contributed by atoms with Crippen molar-refractivity contribution in [2.75, 3.05) is 5.32 Å². The first-order valence-electron chi connectivity index (χ1n) is 9.89. The highest BCUT2D eigenvalue weighted by molar-refractivity contribution is 6.03. The number of rotatable bonds is 4. The molecule has 0 atom stereocenters. The van der Waals surface area contributed by atoms with Crippen molar-refractivity contribution in [2.45, 2.75) is 0 Å². The minimum Gasteiger partial charge on any atom is -0.350 e. The number of hydrogen-bond donors (Lipinski definition) is 1. The topological polar surface area (TPSA) is 72.7 Å². The summed E-state index contributed by atoms with van der Waals surface area (Å²) in [5, 5.41) is 3.91. The second-order valence-corrected chi connectivity index (χ2v) is 7.19. The molecule has 6 heteroatoms. The monoisotopic (exact) mass is 405 g/mol. The zero-order valence-electron chi connectivity index (χ0n) is 16.9. The summed E-state index contributed by atoms with van der Waals surface area (Å²) in [7, 11) is 2.03. The Bertz CT molecular complexity index is 1370.